The third-order valence-electron chi connectivity index (χ3n) is 2.37. The van der Waals surface area contributed by atoms with E-state index in [1.165, 1.54) is 12.5 Å². The van der Waals surface area contributed by atoms with Gasteiger partial charge < -0.3 is 9.73 Å². The van der Waals surface area contributed by atoms with E-state index in [4.69, 9.17) is 4.42 Å². The molecule has 1 N–H and O–H groups in total. The maximum atomic E-state index is 13.4. The van der Waals surface area contributed by atoms with E-state index in [1.807, 2.05) is 6.92 Å². The third-order valence-corrected chi connectivity index (χ3v) is 3.01. The predicted molar refractivity (Wildman–Crippen MR) is 67.0 cm³/mol. The van der Waals surface area contributed by atoms with Gasteiger partial charge in [-0.3, -0.25) is 0 Å². The van der Waals surface area contributed by atoms with Gasteiger partial charge in [0, 0.05) is 12.1 Å². The molecule has 0 fully saturated rings. The Morgan fingerprint density at radius 1 is 1.47 bits per heavy atom. The average Bonchev–Trinajstić information content (AvgIpc) is 2.78. The molecule has 2 rings (SSSR count). The molecule has 0 bridgehead atoms. The molecule has 5 heteroatoms. The van der Waals surface area contributed by atoms with Gasteiger partial charge in [0.15, 0.2) is 12.2 Å². The van der Waals surface area contributed by atoms with E-state index in [0.717, 1.165) is 12.2 Å². The van der Waals surface area contributed by atoms with E-state index >= 15 is 0 Å². The van der Waals surface area contributed by atoms with Gasteiger partial charge in [0.05, 0.1) is 4.47 Å². The molecule has 0 aliphatic heterocycles. The second kappa shape index (κ2) is 5.42. The number of oxazole rings is 1. The molecule has 0 radical (unpaired) electrons. The van der Waals surface area contributed by atoms with Gasteiger partial charge >= 0.3 is 0 Å². The topological polar surface area (TPSA) is 38.1 Å². The fourth-order valence-corrected chi connectivity index (χ4v) is 1.76. The first kappa shape index (κ1) is 12.3. The Kier molecular flexibility index (Phi) is 3.91. The molecule has 90 valence electrons. The maximum Gasteiger partial charge on any atom is 0.181 e. The Morgan fingerprint density at radius 2 is 2.29 bits per heavy atom. The summed E-state index contributed by atoms with van der Waals surface area (Å²) in [6.45, 7) is 3.47. The Labute approximate surface area is 107 Å². The SMILES string of the molecule is CCNCc1ncoc1-c1ccc(Br)c(F)c1. The second-order valence-corrected chi connectivity index (χ2v) is 4.39. The minimum Gasteiger partial charge on any atom is -0.443 e. The van der Waals surface area contributed by atoms with Gasteiger partial charge in [-0.2, -0.15) is 0 Å². The second-order valence-electron chi connectivity index (χ2n) is 3.54. The van der Waals surface area contributed by atoms with E-state index in [9.17, 15) is 4.39 Å². The molecular weight excluding hydrogens is 287 g/mol. The van der Waals surface area contributed by atoms with Crippen LogP contribution in [0.5, 0.6) is 0 Å². The van der Waals surface area contributed by atoms with Gasteiger partial charge in [-0.15, -0.1) is 0 Å². The molecule has 17 heavy (non-hydrogen) atoms. The predicted octanol–water partition coefficient (Wildman–Crippen LogP) is 3.35. The van der Waals surface area contributed by atoms with Crippen molar-refractivity contribution in [3.8, 4) is 11.3 Å². The van der Waals surface area contributed by atoms with Crippen LogP contribution in [0.2, 0.25) is 0 Å². The number of halogens is 2. The first-order chi connectivity index (χ1) is 8.22. The molecule has 1 aromatic heterocycles. The summed E-state index contributed by atoms with van der Waals surface area (Å²) in [6.07, 6.45) is 1.38. The van der Waals surface area contributed by atoms with Crippen molar-refractivity contribution in [3.05, 3.63) is 40.6 Å². The minimum atomic E-state index is -0.312. The Hall–Kier alpha value is -1.20. The van der Waals surface area contributed by atoms with Crippen LogP contribution in [0.4, 0.5) is 4.39 Å². The van der Waals surface area contributed by atoms with Crippen LogP contribution in [0, 0.1) is 5.82 Å². The maximum absolute atomic E-state index is 13.4. The van der Waals surface area contributed by atoms with E-state index in [0.29, 0.717) is 22.3 Å². The van der Waals surface area contributed by atoms with Crippen LogP contribution in [0.25, 0.3) is 11.3 Å². The summed E-state index contributed by atoms with van der Waals surface area (Å²) in [5, 5.41) is 3.16. The quantitative estimate of drug-likeness (QED) is 0.941. The summed E-state index contributed by atoms with van der Waals surface area (Å²) >= 11 is 3.12. The van der Waals surface area contributed by atoms with Crippen molar-refractivity contribution in [2.24, 2.45) is 0 Å². The van der Waals surface area contributed by atoms with Gasteiger partial charge in [-0.1, -0.05) is 6.92 Å². The lowest BCUT2D eigenvalue weighted by atomic mass is 10.1. The number of nitrogens with zero attached hydrogens (tertiary/aromatic N) is 1. The molecule has 0 saturated heterocycles. The minimum absolute atomic E-state index is 0.312. The number of aromatic nitrogens is 1. The van der Waals surface area contributed by atoms with E-state index in [-0.39, 0.29) is 5.82 Å². The summed E-state index contributed by atoms with van der Waals surface area (Å²) < 4.78 is 19.2. The van der Waals surface area contributed by atoms with Crippen molar-refractivity contribution >= 4 is 15.9 Å². The average molecular weight is 299 g/mol. The molecule has 0 saturated carbocycles. The van der Waals surface area contributed by atoms with Crippen LogP contribution >= 0.6 is 15.9 Å². The lowest BCUT2D eigenvalue weighted by Crippen LogP contribution is -2.12. The number of nitrogens with one attached hydrogen (secondary N) is 1. The zero-order chi connectivity index (χ0) is 12.3. The molecule has 0 aliphatic rings. The summed E-state index contributed by atoms with van der Waals surface area (Å²) in [5.74, 6) is 0.297. The number of benzene rings is 1. The number of rotatable bonds is 4. The zero-order valence-corrected chi connectivity index (χ0v) is 10.9. The Balaban J connectivity index is 2.32. The molecule has 0 spiro atoms. The van der Waals surface area contributed by atoms with Crippen LogP contribution in [0.15, 0.2) is 33.5 Å². The first-order valence-electron chi connectivity index (χ1n) is 5.31. The van der Waals surface area contributed by atoms with Crippen molar-refractivity contribution in [1.29, 1.82) is 0 Å². The van der Waals surface area contributed by atoms with Crippen LogP contribution in [0.3, 0.4) is 0 Å². The van der Waals surface area contributed by atoms with E-state index in [1.54, 1.807) is 12.1 Å². The summed E-state index contributed by atoms with van der Waals surface area (Å²) in [4.78, 5) is 4.12. The molecule has 1 aromatic carbocycles. The van der Waals surface area contributed by atoms with Crippen molar-refractivity contribution in [1.82, 2.24) is 10.3 Å². The van der Waals surface area contributed by atoms with Gasteiger partial charge in [0.1, 0.15) is 11.5 Å². The fourth-order valence-electron chi connectivity index (χ4n) is 1.51. The molecular formula is C12H12BrFN2O. The summed E-state index contributed by atoms with van der Waals surface area (Å²) in [7, 11) is 0. The van der Waals surface area contributed by atoms with Crippen molar-refractivity contribution < 1.29 is 8.81 Å². The Bertz CT molecular complexity index is 513. The largest absolute Gasteiger partial charge is 0.443 e. The Morgan fingerprint density at radius 3 is 3.00 bits per heavy atom. The highest BCUT2D eigenvalue weighted by Gasteiger charge is 2.11. The smallest absolute Gasteiger partial charge is 0.181 e. The van der Waals surface area contributed by atoms with E-state index < -0.39 is 0 Å². The molecule has 2 aromatic rings. The van der Waals surface area contributed by atoms with Gasteiger partial charge in [0.2, 0.25) is 0 Å². The monoisotopic (exact) mass is 298 g/mol. The van der Waals surface area contributed by atoms with Gasteiger partial charge in [0.25, 0.3) is 0 Å². The van der Waals surface area contributed by atoms with Crippen LogP contribution in [-0.2, 0) is 6.54 Å². The first-order valence-corrected chi connectivity index (χ1v) is 6.10. The lowest BCUT2D eigenvalue weighted by molar-refractivity contribution is 0.567. The fraction of sp³-hybridized carbons (Fsp3) is 0.250. The highest BCUT2D eigenvalue weighted by molar-refractivity contribution is 9.10. The number of hydrogen-bond acceptors (Lipinski definition) is 3. The van der Waals surface area contributed by atoms with Crippen molar-refractivity contribution in [2.45, 2.75) is 13.5 Å². The van der Waals surface area contributed by atoms with Crippen LogP contribution in [0.1, 0.15) is 12.6 Å². The highest BCUT2D eigenvalue weighted by Crippen LogP contribution is 2.26. The van der Waals surface area contributed by atoms with Crippen LogP contribution in [-0.4, -0.2) is 11.5 Å². The number of hydrogen-bond donors (Lipinski definition) is 1. The summed E-state index contributed by atoms with van der Waals surface area (Å²) in [5.41, 5.74) is 1.48. The molecule has 0 aliphatic carbocycles. The molecule has 0 amide bonds. The highest BCUT2D eigenvalue weighted by atomic mass is 79.9. The molecule has 3 nitrogen and oxygen atoms in total. The lowest BCUT2D eigenvalue weighted by Gasteiger charge is -2.03. The zero-order valence-electron chi connectivity index (χ0n) is 9.34. The van der Waals surface area contributed by atoms with Gasteiger partial charge in [-0.25, -0.2) is 9.37 Å². The van der Waals surface area contributed by atoms with Gasteiger partial charge in [-0.05, 0) is 40.7 Å². The summed E-state index contributed by atoms with van der Waals surface area (Å²) in [6, 6.07) is 4.88. The molecule has 0 unspecified atom stereocenters. The molecule has 1 heterocycles. The normalized spacial score (nSPS) is 10.8. The third kappa shape index (κ3) is 2.73. The van der Waals surface area contributed by atoms with Crippen molar-refractivity contribution in [3.63, 3.8) is 0 Å². The van der Waals surface area contributed by atoms with Crippen molar-refractivity contribution in [2.75, 3.05) is 6.54 Å². The molecule has 0 atom stereocenters. The van der Waals surface area contributed by atoms with Crippen LogP contribution < -0.4 is 5.32 Å². The van der Waals surface area contributed by atoms with E-state index in [2.05, 4.69) is 26.2 Å². The standard InChI is InChI=1S/C12H12BrFN2O/c1-2-15-6-11-12(17-7-16-11)8-3-4-9(13)10(14)5-8/h3-5,7,15H,2,6H2,1H3.